The number of hydrogen-bond donors (Lipinski definition) is 1. The van der Waals surface area contributed by atoms with Gasteiger partial charge in [-0.3, -0.25) is 19.6 Å². The molecule has 1 N–H and O–H groups in total. The van der Waals surface area contributed by atoms with E-state index in [0.717, 1.165) is 17.1 Å². The maximum absolute atomic E-state index is 13.1. The van der Waals surface area contributed by atoms with E-state index in [1.165, 1.54) is 13.8 Å². The maximum Gasteiger partial charge on any atom is 0.438 e. The van der Waals surface area contributed by atoms with Gasteiger partial charge in [0.2, 0.25) is 5.91 Å². The first kappa shape index (κ1) is 17.8. The lowest BCUT2D eigenvalue weighted by atomic mass is 10.1. The predicted octanol–water partition coefficient (Wildman–Crippen LogP) is 1.29. The third kappa shape index (κ3) is 3.09. The van der Waals surface area contributed by atoms with E-state index in [1.54, 1.807) is 0 Å². The van der Waals surface area contributed by atoms with E-state index < -0.39 is 35.1 Å². The van der Waals surface area contributed by atoms with Crippen LogP contribution in [0.25, 0.3) is 0 Å². The fraction of sp³-hybridized carbons (Fsp3) is 0.583. The summed E-state index contributed by atoms with van der Waals surface area (Å²) in [5, 5.41) is 27.6. The van der Waals surface area contributed by atoms with Gasteiger partial charge in [-0.2, -0.15) is 28.4 Å². The topological polar surface area (TPSA) is 114 Å². The second-order valence-electron chi connectivity index (χ2n) is 5.56. The molecule has 0 spiro atoms. The van der Waals surface area contributed by atoms with Gasteiger partial charge >= 0.3 is 11.9 Å². The van der Waals surface area contributed by atoms with E-state index in [0.29, 0.717) is 0 Å². The minimum atomic E-state index is -5.08. The zero-order valence-electron chi connectivity index (χ0n) is 12.7. The van der Waals surface area contributed by atoms with Gasteiger partial charge in [-0.15, -0.1) is 0 Å². The Morgan fingerprint density at radius 2 is 2.21 bits per heavy atom. The normalized spacial score (nSPS) is 22.4. The number of aromatic nitrogens is 2. The van der Waals surface area contributed by atoms with Crippen molar-refractivity contribution in [2.75, 3.05) is 0 Å². The highest BCUT2D eigenvalue weighted by Crippen LogP contribution is 2.40. The number of alkyl halides is 3. The summed E-state index contributed by atoms with van der Waals surface area (Å²) in [5.41, 5.74) is -3.74. The van der Waals surface area contributed by atoms with Crippen molar-refractivity contribution in [2.24, 2.45) is 11.0 Å². The molecule has 0 bridgehead atoms. The number of rotatable bonds is 4. The second kappa shape index (κ2) is 5.85. The average Bonchev–Trinajstić information content (AvgIpc) is 3.02. The Labute approximate surface area is 133 Å². The SMILES string of the molecule is CC1=NN(C(=O)[C@@H](C)Cn2cc([N+](=O)[O-])cn2)[C@@](O)(C(F)(F)F)C1. The molecule has 9 nitrogen and oxygen atoms in total. The smallest absolute Gasteiger partial charge is 0.362 e. The van der Waals surface area contributed by atoms with E-state index in [4.69, 9.17) is 0 Å². The zero-order chi connectivity index (χ0) is 18.3. The summed E-state index contributed by atoms with van der Waals surface area (Å²) in [6, 6.07) is 0. The van der Waals surface area contributed by atoms with Crippen molar-refractivity contribution in [2.45, 2.75) is 38.7 Å². The van der Waals surface area contributed by atoms with Crippen molar-refractivity contribution in [1.29, 1.82) is 0 Å². The lowest BCUT2D eigenvalue weighted by molar-refractivity contribution is -0.385. The summed E-state index contributed by atoms with van der Waals surface area (Å²) < 4.78 is 40.4. The van der Waals surface area contributed by atoms with Gasteiger partial charge in [-0.25, -0.2) is 0 Å². The Hall–Kier alpha value is -2.50. The lowest BCUT2D eigenvalue weighted by Crippen LogP contribution is -2.57. The van der Waals surface area contributed by atoms with Crippen LogP contribution in [0.15, 0.2) is 17.5 Å². The molecule has 0 radical (unpaired) electrons. The molecule has 132 valence electrons. The Kier molecular flexibility index (Phi) is 4.35. The number of nitro groups is 1. The quantitative estimate of drug-likeness (QED) is 0.650. The fourth-order valence-electron chi connectivity index (χ4n) is 2.29. The number of aliphatic hydroxyl groups is 1. The molecule has 24 heavy (non-hydrogen) atoms. The summed E-state index contributed by atoms with van der Waals surface area (Å²) in [5.74, 6) is -2.11. The summed E-state index contributed by atoms with van der Waals surface area (Å²) >= 11 is 0. The van der Waals surface area contributed by atoms with Crippen LogP contribution in [0.4, 0.5) is 18.9 Å². The van der Waals surface area contributed by atoms with E-state index in [2.05, 4.69) is 10.2 Å². The summed E-state index contributed by atoms with van der Waals surface area (Å²) in [7, 11) is 0. The van der Waals surface area contributed by atoms with Crippen LogP contribution in [0.5, 0.6) is 0 Å². The van der Waals surface area contributed by atoms with Gasteiger partial charge in [-0.1, -0.05) is 6.92 Å². The Bertz CT molecular complexity index is 701. The van der Waals surface area contributed by atoms with Crippen molar-refractivity contribution in [3.05, 3.63) is 22.5 Å². The number of hydrogen-bond acceptors (Lipinski definition) is 6. The second-order valence-corrected chi connectivity index (χ2v) is 5.56. The number of carbonyl (C=O) groups is 1. The first-order valence-corrected chi connectivity index (χ1v) is 6.80. The van der Waals surface area contributed by atoms with Crippen molar-refractivity contribution in [1.82, 2.24) is 14.8 Å². The number of hydrazone groups is 1. The third-order valence-corrected chi connectivity index (χ3v) is 3.50. The highest BCUT2D eigenvalue weighted by atomic mass is 19.4. The standard InChI is InChI=1S/C12H14F3N5O4/c1-7(5-18-6-9(4-16-18)20(23)24)10(21)19-11(22,12(13,14)15)3-8(2)17-19/h4,6-7,22H,3,5H2,1-2H3/t7-,11-/m0/s1. The van der Waals surface area contributed by atoms with E-state index in [-0.39, 0.29) is 23.0 Å². The highest BCUT2D eigenvalue weighted by Gasteiger charge is 2.62. The van der Waals surface area contributed by atoms with Crippen LogP contribution in [0, 0.1) is 16.0 Å². The molecule has 12 heteroatoms. The van der Waals surface area contributed by atoms with Crippen molar-refractivity contribution in [3.63, 3.8) is 0 Å². The molecule has 0 saturated heterocycles. The summed E-state index contributed by atoms with van der Waals surface area (Å²) in [6.07, 6.45) is -3.89. The lowest BCUT2D eigenvalue weighted by Gasteiger charge is -2.33. The van der Waals surface area contributed by atoms with Crippen molar-refractivity contribution < 1.29 is 28.0 Å². The number of nitrogens with zero attached hydrogens (tertiary/aromatic N) is 5. The molecule has 0 saturated carbocycles. The molecule has 1 aromatic heterocycles. The first-order chi connectivity index (χ1) is 11.0. The number of carbonyl (C=O) groups excluding carboxylic acids is 1. The van der Waals surface area contributed by atoms with Crippen LogP contribution >= 0.6 is 0 Å². The van der Waals surface area contributed by atoms with Crippen LogP contribution in [0.1, 0.15) is 20.3 Å². The van der Waals surface area contributed by atoms with Crippen LogP contribution in [-0.4, -0.2) is 48.3 Å². The predicted molar refractivity (Wildman–Crippen MR) is 73.6 cm³/mol. The van der Waals surface area contributed by atoms with Crippen LogP contribution in [0.2, 0.25) is 0 Å². The van der Waals surface area contributed by atoms with E-state index >= 15 is 0 Å². The third-order valence-electron chi connectivity index (χ3n) is 3.50. The molecule has 1 amide bonds. The molecule has 1 aromatic rings. The van der Waals surface area contributed by atoms with Crippen LogP contribution < -0.4 is 0 Å². The van der Waals surface area contributed by atoms with Gasteiger partial charge in [0, 0.05) is 12.1 Å². The zero-order valence-corrected chi connectivity index (χ0v) is 12.7. The van der Waals surface area contributed by atoms with E-state index in [1.807, 2.05) is 0 Å². The van der Waals surface area contributed by atoms with Gasteiger partial charge in [0.15, 0.2) is 0 Å². The molecular formula is C12H14F3N5O4. The molecule has 0 aromatic carbocycles. The molecule has 2 heterocycles. The van der Waals surface area contributed by atoms with Gasteiger partial charge in [0.1, 0.15) is 12.4 Å². The van der Waals surface area contributed by atoms with Gasteiger partial charge in [0.05, 0.1) is 17.4 Å². The first-order valence-electron chi connectivity index (χ1n) is 6.80. The summed E-state index contributed by atoms with van der Waals surface area (Å²) in [4.78, 5) is 22.2. The number of halogens is 3. The Morgan fingerprint density at radius 3 is 2.71 bits per heavy atom. The molecule has 0 aliphatic carbocycles. The molecule has 1 aliphatic heterocycles. The minimum absolute atomic E-state index is 0.0327. The maximum atomic E-state index is 13.1. The monoisotopic (exact) mass is 349 g/mol. The fourth-order valence-corrected chi connectivity index (χ4v) is 2.29. The van der Waals surface area contributed by atoms with Gasteiger partial charge < -0.3 is 5.11 Å². The van der Waals surface area contributed by atoms with Crippen molar-refractivity contribution in [3.8, 4) is 0 Å². The molecule has 2 rings (SSSR count). The van der Waals surface area contributed by atoms with Crippen molar-refractivity contribution >= 4 is 17.3 Å². The van der Waals surface area contributed by atoms with Crippen LogP contribution in [0.3, 0.4) is 0 Å². The highest BCUT2D eigenvalue weighted by molar-refractivity contribution is 5.89. The summed E-state index contributed by atoms with van der Waals surface area (Å²) in [6.45, 7) is 2.38. The molecule has 0 fully saturated rings. The Balaban J connectivity index is 2.18. The number of amides is 1. The van der Waals surface area contributed by atoms with E-state index in [9.17, 15) is 33.2 Å². The largest absolute Gasteiger partial charge is 0.438 e. The Morgan fingerprint density at radius 1 is 1.58 bits per heavy atom. The molecule has 2 atom stereocenters. The minimum Gasteiger partial charge on any atom is -0.362 e. The van der Waals surface area contributed by atoms with Crippen LogP contribution in [-0.2, 0) is 11.3 Å². The van der Waals surface area contributed by atoms with Gasteiger partial charge in [-0.05, 0) is 6.92 Å². The molecular weight excluding hydrogens is 335 g/mol. The van der Waals surface area contributed by atoms with Gasteiger partial charge in [0.25, 0.3) is 5.72 Å². The average molecular weight is 349 g/mol. The molecule has 0 unspecified atom stereocenters. The molecule has 1 aliphatic rings.